The minimum absolute atomic E-state index is 0.0327. The molecule has 0 unspecified atom stereocenters. The van der Waals surface area contributed by atoms with Crippen molar-refractivity contribution in [2.45, 2.75) is 20.0 Å². The van der Waals surface area contributed by atoms with E-state index in [0.29, 0.717) is 12.1 Å². The summed E-state index contributed by atoms with van der Waals surface area (Å²) in [4.78, 5) is 14.3. The monoisotopic (exact) mass is 282 g/mol. The molecule has 21 heavy (non-hydrogen) atoms. The van der Waals surface area contributed by atoms with E-state index in [1.165, 1.54) is 5.56 Å². The van der Waals surface area contributed by atoms with Gasteiger partial charge in [0.2, 0.25) is 0 Å². The predicted molar refractivity (Wildman–Crippen MR) is 86.2 cm³/mol. The number of rotatable bonds is 5. The number of benzene rings is 2. The molecule has 3 nitrogen and oxygen atoms in total. The molecule has 0 atom stereocenters. The SMILES string of the molecule is Cc1ccc(C(=O)NCc2ccccc2CN(C)C)cc1. The predicted octanol–water partition coefficient (Wildman–Crippen LogP) is 2.99. The van der Waals surface area contributed by atoms with Gasteiger partial charge in [0, 0.05) is 18.7 Å². The van der Waals surface area contributed by atoms with Gasteiger partial charge in [-0.1, -0.05) is 42.0 Å². The highest BCUT2D eigenvalue weighted by atomic mass is 16.1. The van der Waals surface area contributed by atoms with E-state index in [1.54, 1.807) is 0 Å². The molecule has 110 valence electrons. The number of nitrogens with one attached hydrogen (secondary N) is 1. The van der Waals surface area contributed by atoms with Crippen LogP contribution in [0.15, 0.2) is 48.5 Å². The first kappa shape index (κ1) is 15.3. The highest BCUT2D eigenvalue weighted by molar-refractivity contribution is 5.94. The Morgan fingerprint density at radius 3 is 2.24 bits per heavy atom. The lowest BCUT2D eigenvalue weighted by molar-refractivity contribution is 0.0951. The zero-order valence-electron chi connectivity index (χ0n) is 12.9. The average molecular weight is 282 g/mol. The summed E-state index contributed by atoms with van der Waals surface area (Å²) in [5, 5.41) is 2.99. The minimum Gasteiger partial charge on any atom is -0.348 e. The van der Waals surface area contributed by atoms with Crippen LogP contribution >= 0.6 is 0 Å². The normalized spacial score (nSPS) is 10.7. The molecule has 2 rings (SSSR count). The van der Waals surface area contributed by atoms with Crippen LogP contribution < -0.4 is 5.32 Å². The molecule has 0 aliphatic carbocycles. The Hall–Kier alpha value is -2.13. The van der Waals surface area contributed by atoms with Gasteiger partial charge in [-0.3, -0.25) is 4.79 Å². The lowest BCUT2D eigenvalue weighted by atomic mass is 10.1. The van der Waals surface area contributed by atoms with Gasteiger partial charge in [0.05, 0.1) is 0 Å². The van der Waals surface area contributed by atoms with Gasteiger partial charge in [-0.15, -0.1) is 0 Å². The summed E-state index contributed by atoms with van der Waals surface area (Å²) in [5.41, 5.74) is 4.26. The number of hydrogen-bond donors (Lipinski definition) is 1. The molecule has 1 N–H and O–H groups in total. The smallest absolute Gasteiger partial charge is 0.251 e. The summed E-state index contributed by atoms with van der Waals surface area (Å²) in [6.45, 7) is 3.44. The maximum atomic E-state index is 12.1. The van der Waals surface area contributed by atoms with Gasteiger partial charge < -0.3 is 10.2 Å². The van der Waals surface area contributed by atoms with E-state index >= 15 is 0 Å². The molecule has 0 saturated heterocycles. The number of carbonyl (C=O) groups excluding carboxylic acids is 1. The molecule has 2 aromatic carbocycles. The fourth-order valence-corrected chi connectivity index (χ4v) is 2.21. The topological polar surface area (TPSA) is 32.3 Å². The summed E-state index contributed by atoms with van der Waals surface area (Å²) in [7, 11) is 4.09. The molecule has 0 bridgehead atoms. The van der Waals surface area contributed by atoms with Gasteiger partial charge in [-0.25, -0.2) is 0 Å². The molecule has 0 spiro atoms. The van der Waals surface area contributed by atoms with Gasteiger partial charge in [0.1, 0.15) is 0 Å². The summed E-state index contributed by atoms with van der Waals surface area (Å²) >= 11 is 0. The van der Waals surface area contributed by atoms with Crippen molar-refractivity contribution in [2.24, 2.45) is 0 Å². The number of amides is 1. The van der Waals surface area contributed by atoms with Crippen molar-refractivity contribution in [2.75, 3.05) is 14.1 Å². The first-order valence-corrected chi connectivity index (χ1v) is 7.12. The quantitative estimate of drug-likeness (QED) is 0.914. The number of nitrogens with zero attached hydrogens (tertiary/aromatic N) is 1. The van der Waals surface area contributed by atoms with E-state index < -0.39 is 0 Å². The molecule has 3 heteroatoms. The Labute approximate surface area is 126 Å². The van der Waals surface area contributed by atoms with Crippen LogP contribution in [-0.4, -0.2) is 24.9 Å². The third-order valence-electron chi connectivity index (χ3n) is 3.36. The Balaban J connectivity index is 2.02. The molecule has 0 heterocycles. The molecule has 0 fully saturated rings. The van der Waals surface area contributed by atoms with Crippen molar-refractivity contribution in [1.29, 1.82) is 0 Å². The van der Waals surface area contributed by atoms with Crippen LogP contribution in [0.2, 0.25) is 0 Å². The fourth-order valence-electron chi connectivity index (χ4n) is 2.21. The van der Waals surface area contributed by atoms with Crippen LogP contribution in [0.1, 0.15) is 27.0 Å². The average Bonchev–Trinajstić information content (AvgIpc) is 2.46. The van der Waals surface area contributed by atoms with E-state index in [1.807, 2.05) is 57.4 Å². The van der Waals surface area contributed by atoms with Gasteiger partial charge in [-0.2, -0.15) is 0 Å². The molecule has 0 aliphatic heterocycles. The second-order valence-electron chi connectivity index (χ2n) is 5.56. The first-order chi connectivity index (χ1) is 10.1. The lowest BCUT2D eigenvalue weighted by Gasteiger charge is -2.14. The van der Waals surface area contributed by atoms with Crippen LogP contribution in [0, 0.1) is 6.92 Å². The van der Waals surface area contributed by atoms with Crippen molar-refractivity contribution in [1.82, 2.24) is 10.2 Å². The molecule has 2 aromatic rings. The summed E-state index contributed by atoms with van der Waals surface area (Å²) in [6, 6.07) is 15.8. The van der Waals surface area contributed by atoms with Crippen molar-refractivity contribution in [3.63, 3.8) is 0 Å². The third kappa shape index (κ3) is 4.43. The molecule has 0 aromatic heterocycles. The fraction of sp³-hybridized carbons (Fsp3) is 0.278. The standard InChI is InChI=1S/C18H22N2O/c1-14-8-10-15(11-9-14)18(21)19-12-16-6-4-5-7-17(16)13-20(2)3/h4-11H,12-13H2,1-3H3,(H,19,21). The van der Waals surface area contributed by atoms with Gasteiger partial charge in [0.25, 0.3) is 5.91 Å². The van der Waals surface area contributed by atoms with E-state index in [-0.39, 0.29) is 5.91 Å². The van der Waals surface area contributed by atoms with Gasteiger partial charge in [0.15, 0.2) is 0 Å². The molecular weight excluding hydrogens is 260 g/mol. The summed E-state index contributed by atoms with van der Waals surface area (Å²) in [5.74, 6) is -0.0327. The lowest BCUT2D eigenvalue weighted by Crippen LogP contribution is -2.24. The van der Waals surface area contributed by atoms with E-state index in [4.69, 9.17) is 0 Å². The second-order valence-corrected chi connectivity index (χ2v) is 5.56. The van der Waals surface area contributed by atoms with E-state index in [0.717, 1.165) is 17.7 Å². The summed E-state index contributed by atoms with van der Waals surface area (Å²) in [6.07, 6.45) is 0. The van der Waals surface area contributed by atoms with E-state index in [9.17, 15) is 4.79 Å². The van der Waals surface area contributed by atoms with Gasteiger partial charge in [-0.05, 0) is 44.3 Å². The Morgan fingerprint density at radius 1 is 1.00 bits per heavy atom. The summed E-state index contributed by atoms with van der Waals surface area (Å²) < 4.78 is 0. The Kier molecular flexibility index (Phi) is 5.12. The molecule has 0 saturated carbocycles. The largest absolute Gasteiger partial charge is 0.348 e. The molecule has 1 amide bonds. The van der Waals surface area contributed by atoms with Crippen LogP contribution in [0.4, 0.5) is 0 Å². The first-order valence-electron chi connectivity index (χ1n) is 7.12. The third-order valence-corrected chi connectivity index (χ3v) is 3.36. The zero-order chi connectivity index (χ0) is 15.2. The maximum absolute atomic E-state index is 12.1. The van der Waals surface area contributed by atoms with E-state index in [2.05, 4.69) is 22.3 Å². The maximum Gasteiger partial charge on any atom is 0.251 e. The van der Waals surface area contributed by atoms with Crippen molar-refractivity contribution in [3.8, 4) is 0 Å². The second kappa shape index (κ2) is 7.04. The number of hydrogen-bond acceptors (Lipinski definition) is 2. The molecular formula is C18H22N2O. The number of aryl methyl sites for hydroxylation is 1. The highest BCUT2D eigenvalue weighted by Crippen LogP contribution is 2.11. The van der Waals surface area contributed by atoms with Crippen LogP contribution in [0.5, 0.6) is 0 Å². The van der Waals surface area contributed by atoms with Crippen LogP contribution in [0.25, 0.3) is 0 Å². The Morgan fingerprint density at radius 2 is 1.62 bits per heavy atom. The zero-order valence-corrected chi connectivity index (χ0v) is 12.9. The molecule has 0 radical (unpaired) electrons. The van der Waals surface area contributed by atoms with Crippen LogP contribution in [0.3, 0.4) is 0 Å². The van der Waals surface area contributed by atoms with Gasteiger partial charge >= 0.3 is 0 Å². The highest BCUT2D eigenvalue weighted by Gasteiger charge is 2.07. The van der Waals surface area contributed by atoms with Crippen molar-refractivity contribution in [3.05, 3.63) is 70.8 Å². The molecule has 0 aliphatic rings. The van der Waals surface area contributed by atoms with Crippen molar-refractivity contribution < 1.29 is 4.79 Å². The van der Waals surface area contributed by atoms with Crippen LogP contribution in [-0.2, 0) is 13.1 Å². The Bertz CT molecular complexity index is 603. The minimum atomic E-state index is -0.0327. The van der Waals surface area contributed by atoms with Crippen molar-refractivity contribution >= 4 is 5.91 Å². The number of carbonyl (C=O) groups is 1.